The number of rotatable bonds is 2. The lowest BCUT2D eigenvalue weighted by atomic mass is 10.0. The number of ether oxygens (including phenoxy) is 1. The van der Waals surface area contributed by atoms with Gasteiger partial charge in [-0.2, -0.15) is 5.10 Å². The summed E-state index contributed by atoms with van der Waals surface area (Å²) in [5.41, 5.74) is 5.23. The van der Waals surface area contributed by atoms with Gasteiger partial charge in [0.05, 0.1) is 5.69 Å². The van der Waals surface area contributed by atoms with Gasteiger partial charge in [-0.25, -0.2) is 4.68 Å². The van der Waals surface area contributed by atoms with Crippen molar-refractivity contribution in [1.82, 2.24) is 9.78 Å². The Kier molecular flexibility index (Phi) is 3.57. The van der Waals surface area contributed by atoms with Crippen LogP contribution in [0.4, 0.5) is 0 Å². The van der Waals surface area contributed by atoms with Crippen LogP contribution in [0.2, 0.25) is 0 Å². The SMILES string of the molecule is CSc1c2c(nn1-c1ccccc1)-c1ccccc1Oc1ccccc1-2. The van der Waals surface area contributed by atoms with Crippen molar-refractivity contribution in [2.45, 2.75) is 5.03 Å². The number of para-hydroxylation sites is 3. The number of nitrogens with zero attached hydrogens (tertiary/aromatic N) is 2. The zero-order chi connectivity index (χ0) is 17.5. The molecule has 4 aromatic rings. The zero-order valence-electron chi connectivity index (χ0n) is 14.2. The third kappa shape index (κ3) is 2.26. The highest BCUT2D eigenvalue weighted by molar-refractivity contribution is 7.98. The fourth-order valence-corrected chi connectivity index (χ4v) is 4.13. The molecule has 4 heteroatoms. The molecule has 2 heterocycles. The van der Waals surface area contributed by atoms with Crippen LogP contribution in [-0.4, -0.2) is 16.0 Å². The lowest BCUT2D eigenvalue weighted by molar-refractivity contribution is 0.487. The van der Waals surface area contributed by atoms with Crippen LogP contribution in [0, 0.1) is 0 Å². The van der Waals surface area contributed by atoms with Gasteiger partial charge in [-0.1, -0.05) is 48.5 Å². The summed E-state index contributed by atoms with van der Waals surface area (Å²) >= 11 is 1.70. The fraction of sp³-hybridized carbons (Fsp3) is 0.0455. The van der Waals surface area contributed by atoms with Crippen LogP contribution in [0.1, 0.15) is 0 Å². The highest BCUT2D eigenvalue weighted by Crippen LogP contribution is 2.49. The summed E-state index contributed by atoms with van der Waals surface area (Å²) < 4.78 is 8.27. The normalized spacial score (nSPS) is 11.7. The van der Waals surface area contributed by atoms with Crippen LogP contribution >= 0.6 is 11.8 Å². The Labute approximate surface area is 156 Å². The van der Waals surface area contributed by atoms with Gasteiger partial charge in [-0.05, 0) is 36.6 Å². The van der Waals surface area contributed by atoms with E-state index in [0.717, 1.165) is 44.6 Å². The van der Waals surface area contributed by atoms with Gasteiger partial charge in [-0.15, -0.1) is 11.8 Å². The third-order valence-corrected chi connectivity index (χ3v) is 5.32. The Balaban J connectivity index is 1.89. The van der Waals surface area contributed by atoms with Gasteiger partial charge in [0, 0.05) is 16.7 Å². The highest BCUT2D eigenvalue weighted by Gasteiger charge is 2.28. The molecule has 0 saturated heterocycles. The van der Waals surface area contributed by atoms with Gasteiger partial charge >= 0.3 is 0 Å². The number of hydrogen-bond acceptors (Lipinski definition) is 3. The second kappa shape index (κ2) is 6.07. The molecule has 0 N–H and O–H groups in total. The Morgan fingerprint density at radius 3 is 2.12 bits per heavy atom. The molecule has 0 aliphatic carbocycles. The van der Waals surface area contributed by atoms with Crippen molar-refractivity contribution in [3.63, 3.8) is 0 Å². The van der Waals surface area contributed by atoms with Crippen LogP contribution in [0.25, 0.3) is 28.1 Å². The van der Waals surface area contributed by atoms with E-state index >= 15 is 0 Å². The minimum atomic E-state index is 0.837. The Morgan fingerprint density at radius 1 is 0.769 bits per heavy atom. The molecule has 0 bridgehead atoms. The molecule has 126 valence electrons. The molecule has 3 aromatic carbocycles. The first-order valence-corrected chi connectivity index (χ1v) is 9.68. The maximum absolute atomic E-state index is 6.23. The topological polar surface area (TPSA) is 27.1 Å². The van der Waals surface area contributed by atoms with Crippen LogP contribution in [-0.2, 0) is 0 Å². The van der Waals surface area contributed by atoms with Crippen molar-refractivity contribution in [2.24, 2.45) is 0 Å². The van der Waals surface area contributed by atoms with E-state index in [1.807, 2.05) is 59.3 Å². The van der Waals surface area contributed by atoms with Gasteiger partial charge in [0.1, 0.15) is 22.2 Å². The first-order valence-electron chi connectivity index (χ1n) is 8.46. The first kappa shape index (κ1) is 15.3. The van der Waals surface area contributed by atoms with E-state index in [4.69, 9.17) is 9.84 Å². The maximum Gasteiger partial charge on any atom is 0.136 e. The van der Waals surface area contributed by atoms with Crippen molar-refractivity contribution in [1.29, 1.82) is 0 Å². The minimum absolute atomic E-state index is 0.837. The monoisotopic (exact) mass is 356 g/mol. The molecule has 0 amide bonds. The van der Waals surface area contributed by atoms with Gasteiger partial charge < -0.3 is 4.74 Å². The van der Waals surface area contributed by atoms with Crippen molar-refractivity contribution < 1.29 is 4.74 Å². The molecular formula is C22H16N2OS. The predicted octanol–water partition coefficient (Wildman–Crippen LogP) is 6.03. The number of hydrogen-bond donors (Lipinski definition) is 0. The van der Waals surface area contributed by atoms with Crippen molar-refractivity contribution in [2.75, 3.05) is 6.26 Å². The second-order valence-corrected chi connectivity index (χ2v) is 6.87. The minimum Gasteiger partial charge on any atom is -0.456 e. The average molecular weight is 356 g/mol. The molecule has 0 fully saturated rings. The molecule has 5 rings (SSSR count). The molecule has 1 aliphatic rings. The number of fused-ring (bicyclic) bond motifs is 5. The highest BCUT2D eigenvalue weighted by atomic mass is 32.2. The smallest absolute Gasteiger partial charge is 0.136 e. The number of benzene rings is 3. The molecule has 0 saturated carbocycles. The molecule has 3 nitrogen and oxygen atoms in total. The van der Waals surface area contributed by atoms with Crippen molar-refractivity contribution >= 4 is 11.8 Å². The predicted molar refractivity (Wildman–Crippen MR) is 106 cm³/mol. The molecule has 1 aliphatic heterocycles. The summed E-state index contributed by atoms with van der Waals surface area (Å²) in [7, 11) is 0. The summed E-state index contributed by atoms with van der Waals surface area (Å²) in [6.45, 7) is 0. The summed E-state index contributed by atoms with van der Waals surface area (Å²) in [5.74, 6) is 1.70. The van der Waals surface area contributed by atoms with E-state index in [2.05, 4.69) is 30.5 Å². The Hall–Kier alpha value is -2.98. The average Bonchev–Trinajstić information content (AvgIpc) is 3.02. The number of thioether (sulfide) groups is 1. The van der Waals surface area contributed by atoms with Crippen molar-refractivity contribution in [3.05, 3.63) is 78.9 Å². The molecule has 0 spiro atoms. The summed E-state index contributed by atoms with van der Waals surface area (Å²) in [4.78, 5) is 0. The fourth-order valence-electron chi connectivity index (χ4n) is 3.40. The van der Waals surface area contributed by atoms with Crippen LogP contribution in [0.5, 0.6) is 11.5 Å². The van der Waals surface area contributed by atoms with Crippen LogP contribution < -0.4 is 4.74 Å². The lowest BCUT2D eigenvalue weighted by Gasteiger charge is -2.11. The van der Waals surface area contributed by atoms with Gasteiger partial charge in [0.25, 0.3) is 0 Å². The third-order valence-electron chi connectivity index (χ3n) is 4.56. The maximum atomic E-state index is 6.23. The quantitative estimate of drug-likeness (QED) is 0.361. The summed E-state index contributed by atoms with van der Waals surface area (Å²) in [6.07, 6.45) is 2.09. The molecule has 1 aromatic heterocycles. The van der Waals surface area contributed by atoms with E-state index in [0.29, 0.717) is 0 Å². The van der Waals surface area contributed by atoms with Crippen LogP contribution in [0.15, 0.2) is 83.9 Å². The summed E-state index contributed by atoms with van der Waals surface area (Å²) in [6, 6.07) is 26.6. The largest absolute Gasteiger partial charge is 0.456 e. The van der Waals surface area contributed by atoms with Crippen LogP contribution in [0.3, 0.4) is 0 Å². The van der Waals surface area contributed by atoms with E-state index < -0.39 is 0 Å². The molecule has 26 heavy (non-hydrogen) atoms. The molecule has 0 unspecified atom stereocenters. The standard InChI is InChI=1S/C22H16N2OS/c1-26-22-20-16-11-5-7-13-18(16)25-19-14-8-6-12-17(19)21(20)23-24(22)15-9-3-2-4-10-15/h2-14H,1H3. The Bertz CT molecular complexity index is 1100. The van der Waals surface area contributed by atoms with E-state index in [1.54, 1.807) is 11.8 Å². The van der Waals surface area contributed by atoms with Gasteiger partial charge in [0.2, 0.25) is 0 Å². The van der Waals surface area contributed by atoms with Gasteiger partial charge in [0.15, 0.2) is 0 Å². The first-order chi connectivity index (χ1) is 12.9. The molecule has 0 radical (unpaired) electrons. The molecular weight excluding hydrogens is 340 g/mol. The van der Waals surface area contributed by atoms with E-state index in [9.17, 15) is 0 Å². The lowest BCUT2D eigenvalue weighted by Crippen LogP contribution is -1.98. The molecule has 0 atom stereocenters. The van der Waals surface area contributed by atoms with E-state index in [-0.39, 0.29) is 0 Å². The van der Waals surface area contributed by atoms with Gasteiger partial charge in [-0.3, -0.25) is 0 Å². The second-order valence-electron chi connectivity index (χ2n) is 6.07. The van der Waals surface area contributed by atoms with E-state index in [1.165, 1.54) is 0 Å². The summed E-state index contributed by atoms with van der Waals surface area (Å²) in [5, 5.41) is 6.12. The zero-order valence-corrected chi connectivity index (χ0v) is 15.0. The number of aromatic nitrogens is 2. The Morgan fingerprint density at radius 2 is 1.38 bits per heavy atom. The van der Waals surface area contributed by atoms with Crippen molar-refractivity contribution in [3.8, 4) is 39.6 Å².